The summed E-state index contributed by atoms with van der Waals surface area (Å²) in [6.45, 7) is -0.376. The van der Waals surface area contributed by atoms with E-state index >= 15 is 0 Å². The summed E-state index contributed by atoms with van der Waals surface area (Å²) < 4.78 is 85.2. The molecule has 0 fully saturated rings. The van der Waals surface area contributed by atoms with Gasteiger partial charge in [-0.05, 0) is 47.5 Å². The summed E-state index contributed by atoms with van der Waals surface area (Å²) in [6, 6.07) is 18.5. The monoisotopic (exact) mass is 606 g/mol. The maximum Gasteiger partial charge on any atom is 0.417 e. The van der Waals surface area contributed by atoms with E-state index in [0.717, 1.165) is 12.1 Å². The minimum Gasteiger partial charge on any atom is -0.377 e. The Labute approximate surface area is 241 Å². The zero-order valence-electron chi connectivity index (χ0n) is 20.8. The first kappa shape index (κ1) is 30.1. The summed E-state index contributed by atoms with van der Waals surface area (Å²) in [4.78, 5) is 24.6. The van der Waals surface area contributed by atoms with E-state index in [0.29, 0.717) is 17.7 Å². The van der Waals surface area contributed by atoms with Crippen molar-refractivity contribution < 1.29 is 35.9 Å². The summed E-state index contributed by atoms with van der Waals surface area (Å²) in [5, 5.41) is 4.92. The first-order valence-corrected chi connectivity index (χ1v) is 12.7. The van der Waals surface area contributed by atoms with Crippen molar-refractivity contribution in [1.82, 2.24) is 0 Å². The molecule has 0 aliphatic rings. The predicted octanol–water partition coefficient (Wildman–Crippen LogP) is 8.52. The van der Waals surface area contributed by atoms with Gasteiger partial charge < -0.3 is 10.6 Å². The molecule has 2 N–H and O–H groups in total. The van der Waals surface area contributed by atoms with Crippen LogP contribution in [0.15, 0.2) is 94.7 Å². The number of amides is 1. The lowest BCUT2D eigenvalue weighted by atomic mass is 9.93. The topological polar surface area (TPSA) is 58.2 Å². The number of benzene rings is 4. The normalized spacial score (nSPS) is 11.7. The van der Waals surface area contributed by atoms with E-state index in [2.05, 4.69) is 35.9 Å². The Bertz CT molecular complexity index is 1590. The number of hydrogen-bond acceptors (Lipinski definition) is 5. The van der Waals surface area contributed by atoms with Gasteiger partial charge in [-0.15, -0.1) is 25.3 Å². The summed E-state index contributed by atoms with van der Waals surface area (Å²) in [5.74, 6) is -1.14. The van der Waals surface area contributed by atoms with Crippen LogP contribution in [0.25, 0.3) is 11.1 Å². The highest BCUT2D eigenvalue weighted by molar-refractivity contribution is 7.80. The van der Waals surface area contributed by atoms with Crippen LogP contribution in [0.5, 0.6) is 0 Å². The second-order valence-corrected chi connectivity index (χ2v) is 9.75. The van der Waals surface area contributed by atoms with Crippen LogP contribution in [0.2, 0.25) is 0 Å². The molecule has 12 heteroatoms. The fourth-order valence-electron chi connectivity index (χ4n) is 4.02. The van der Waals surface area contributed by atoms with Gasteiger partial charge >= 0.3 is 12.4 Å². The quantitative estimate of drug-likeness (QED) is 0.0970. The van der Waals surface area contributed by atoms with E-state index in [1.54, 1.807) is 36.4 Å². The second-order valence-electron chi connectivity index (χ2n) is 8.79. The molecule has 0 atom stereocenters. The largest absolute Gasteiger partial charge is 0.417 e. The number of ketones is 1. The number of alkyl halides is 6. The van der Waals surface area contributed by atoms with Crippen LogP contribution in [0.4, 0.5) is 37.7 Å². The van der Waals surface area contributed by atoms with E-state index in [-0.39, 0.29) is 33.3 Å². The van der Waals surface area contributed by atoms with Crippen molar-refractivity contribution in [2.45, 2.75) is 22.1 Å². The standard InChI is InChI=1S/C29H20F6N2O2S2/c30-28(31,32)20-13-22(36-15-24(38)16-7-3-1-4-8-16)25(40)11-18(20)19-12-26(41)23(14-21(19)29(33,34)35)37-27(39)17-9-5-2-6-10-17/h1-14,36,40-41H,15H2,(H,37,39). The number of hydrogen-bond donors (Lipinski definition) is 4. The Hall–Kier alpha value is -3.90. The van der Waals surface area contributed by atoms with Gasteiger partial charge in [0.2, 0.25) is 0 Å². The van der Waals surface area contributed by atoms with Crippen molar-refractivity contribution in [3.8, 4) is 11.1 Å². The van der Waals surface area contributed by atoms with Gasteiger partial charge in [0.1, 0.15) is 0 Å². The average Bonchev–Trinajstić information content (AvgIpc) is 2.92. The van der Waals surface area contributed by atoms with Crippen molar-refractivity contribution >= 4 is 48.3 Å². The molecule has 4 aromatic carbocycles. The molecule has 0 aliphatic carbocycles. The van der Waals surface area contributed by atoms with Crippen molar-refractivity contribution in [2.75, 3.05) is 17.2 Å². The molecule has 0 spiro atoms. The third-order valence-corrected chi connectivity index (χ3v) is 6.73. The highest BCUT2D eigenvalue weighted by Gasteiger charge is 2.39. The first-order chi connectivity index (χ1) is 19.3. The lowest BCUT2D eigenvalue weighted by Crippen LogP contribution is -2.17. The number of carbonyl (C=O) groups is 2. The molecule has 212 valence electrons. The van der Waals surface area contributed by atoms with Gasteiger partial charge in [0.15, 0.2) is 5.78 Å². The van der Waals surface area contributed by atoms with E-state index in [4.69, 9.17) is 0 Å². The second kappa shape index (κ2) is 11.9. The molecule has 0 heterocycles. The third-order valence-electron chi connectivity index (χ3n) is 5.99. The molecule has 0 unspecified atom stereocenters. The molecule has 0 radical (unpaired) electrons. The van der Waals surface area contributed by atoms with Crippen LogP contribution in [-0.2, 0) is 12.4 Å². The average molecular weight is 607 g/mol. The molecular weight excluding hydrogens is 586 g/mol. The summed E-state index contributed by atoms with van der Waals surface area (Å²) in [7, 11) is 0. The molecule has 0 saturated heterocycles. The number of thiol groups is 2. The SMILES string of the molecule is O=C(CNc1cc(C(F)(F)F)c(-c2cc(S)c(NC(=O)c3ccccc3)cc2C(F)(F)F)cc1S)c1ccccc1. The van der Waals surface area contributed by atoms with Gasteiger partial charge in [0.25, 0.3) is 5.91 Å². The highest BCUT2D eigenvalue weighted by Crippen LogP contribution is 2.47. The molecule has 4 aromatic rings. The zero-order valence-corrected chi connectivity index (χ0v) is 22.6. The van der Waals surface area contributed by atoms with E-state index in [1.807, 2.05) is 0 Å². The van der Waals surface area contributed by atoms with Crippen LogP contribution in [0.1, 0.15) is 31.8 Å². The van der Waals surface area contributed by atoms with Gasteiger partial charge in [-0.1, -0.05) is 48.5 Å². The Morgan fingerprint density at radius 3 is 1.56 bits per heavy atom. The minimum atomic E-state index is -5.10. The molecule has 4 nitrogen and oxygen atoms in total. The summed E-state index contributed by atoms with van der Waals surface area (Å²) in [5.41, 5.74) is -4.47. The Balaban J connectivity index is 1.76. The molecule has 0 bridgehead atoms. The Morgan fingerprint density at radius 2 is 1.07 bits per heavy atom. The van der Waals surface area contributed by atoms with Crippen molar-refractivity contribution in [1.29, 1.82) is 0 Å². The summed E-state index contributed by atoms with van der Waals surface area (Å²) in [6.07, 6.45) is -10.2. The number of rotatable bonds is 7. The molecule has 4 rings (SSSR count). The Morgan fingerprint density at radius 1 is 0.634 bits per heavy atom. The van der Waals surface area contributed by atoms with Gasteiger partial charge in [-0.25, -0.2) is 0 Å². The number of Topliss-reactive ketones (excluding diaryl/α,β-unsaturated/α-hetero) is 1. The number of halogens is 6. The molecule has 1 amide bonds. The van der Waals surface area contributed by atoms with Crippen molar-refractivity contribution in [2.24, 2.45) is 0 Å². The predicted molar refractivity (Wildman–Crippen MR) is 150 cm³/mol. The van der Waals surface area contributed by atoms with Crippen LogP contribution in [0, 0.1) is 0 Å². The van der Waals surface area contributed by atoms with Gasteiger partial charge in [-0.3, -0.25) is 9.59 Å². The van der Waals surface area contributed by atoms with E-state index in [9.17, 15) is 35.9 Å². The molecular formula is C29H20F6N2O2S2. The van der Waals surface area contributed by atoms with E-state index < -0.39 is 46.3 Å². The van der Waals surface area contributed by atoms with Gasteiger partial charge in [-0.2, -0.15) is 26.3 Å². The maximum absolute atomic E-state index is 14.2. The van der Waals surface area contributed by atoms with Crippen LogP contribution in [0.3, 0.4) is 0 Å². The van der Waals surface area contributed by atoms with Gasteiger partial charge in [0, 0.05) is 26.6 Å². The lowest BCUT2D eigenvalue weighted by Gasteiger charge is -2.22. The van der Waals surface area contributed by atoms with Crippen molar-refractivity contribution in [3.63, 3.8) is 0 Å². The van der Waals surface area contributed by atoms with Gasteiger partial charge in [0.05, 0.1) is 23.4 Å². The van der Waals surface area contributed by atoms with Crippen LogP contribution < -0.4 is 10.6 Å². The molecule has 0 saturated carbocycles. The summed E-state index contributed by atoms with van der Waals surface area (Å²) >= 11 is 8.35. The minimum absolute atomic E-state index is 0.121. The first-order valence-electron chi connectivity index (χ1n) is 11.8. The van der Waals surface area contributed by atoms with Crippen molar-refractivity contribution in [3.05, 3.63) is 107 Å². The smallest absolute Gasteiger partial charge is 0.377 e. The molecule has 0 aliphatic heterocycles. The lowest BCUT2D eigenvalue weighted by molar-refractivity contribution is -0.139. The maximum atomic E-state index is 14.2. The van der Waals surface area contributed by atoms with E-state index in [1.165, 1.54) is 24.3 Å². The number of carbonyl (C=O) groups excluding carboxylic acids is 2. The molecule has 0 aromatic heterocycles. The van der Waals surface area contributed by atoms with Crippen LogP contribution in [-0.4, -0.2) is 18.2 Å². The Kier molecular flexibility index (Phi) is 8.74. The third kappa shape index (κ3) is 7.06. The zero-order chi connectivity index (χ0) is 29.9. The highest BCUT2D eigenvalue weighted by atomic mass is 32.1. The number of nitrogens with one attached hydrogen (secondary N) is 2. The fourth-order valence-corrected chi connectivity index (χ4v) is 4.54. The number of anilines is 2. The van der Waals surface area contributed by atoms with Crippen LogP contribution >= 0.6 is 25.3 Å². The fraction of sp³-hybridized carbons (Fsp3) is 0.103. The molecule has 41 heavy (non-hydrogen) atoms.